The van der Waals surface area contributed by atoms with Crippen LogP contribution in [0, 0.1) is 17.8 Å². The molecule has 0 bridgehead atoms. The summed E-state index contributed by atoms with van der Waals surface area (Å²) in [6.45, 7) is 2.10. The van der Waals surface area contributed by atoms with Gasteiger partial charge in [-0.3, -0.25) is 24.1 Å². The lowest BCUT2D eigenvalue weighted by Crippen LogP contribution is -2.39. The molecule has 0 spiro atoms. The van der Waals surface area contributed by atoms with E-state index in [9.17, 15) is 24.3 Å². The normalized spacial score (nSPS) is 30.1. The molecule has 2 amide bonds. The molecule has 6 nitrogen and oxygen atoms in total. The highest BCUT2D eigenvalue weighted by Gasteiger charge is 2.55. The number of nitrogens with zero attached hydrogens (tertiary/aromatic N) is 1. The molecule has 0 radical (unpaired) electrons. The second-order valence-electron chi connectivity index (χ2n) is 8.41. The summed E-state index contributed by atoms with van der Waals surface area (Å²) >= 11 is 3.20. The topological polar surface area (TPSA) is 91.8 Å². The van der Waals surface area contributed by atoms with Gasteiger partial charge in [-0.05, 0) is 59.3 Å². The molecule has 31 heavy (non-hydrogen) atoms. The molecule has 4 atom stereocenters. The van der Waals surface area contributed by atoms with Gasteiger partial charge in [-0.15, -0.1) is 0 Å². The Labute approximate surface area is 187 Å². The summed E-state index contributed by atoms with van der Waals surface area (Å²) in [6.07, 6.45) is 3.95. The number of imide groups is 1. The van der Waals surface area contributed by atoms with E-state index in [1.165, 1.54) is 11.0 Å². The van der Waals surface area contributed by atoms with Crippen LogP contribution in [0.5, 0.6) is 5.75 Å². The lowest BCUT2D eigenvalue weighted by molar-refractivity contribution is -0.139. The number of Topliss-reactive ketones (excluding diaryl/α,β-unsaturated/α-hetero) is 1. The Hall–Kier alpha value is -2.80. The number of fused-ring (bicyclic) bond motifs is 3. The van der Waals surface area contributed by atoms with E-state index in [0.717, 1.165) is 5.57 Å². The first-order valence-corrected chi connectivity index (χ1v) is 11.2. The summed E-state index contributed by atoms with van der Waals surface area (Å²) in [5.41, 5.74) is 2.38. The number of hydrogen-bond acceptors (Lipinski definition) is 5. The first-order chi connectivity index (χ1) is 14.8. The average molecular weight is 482 g/mol. The van der Waals surface area contributed by atoms with Gasteiger partial charge in [0.25, 0.3) is 0 Å². The number of carbonyl (C=O) groups is 4. The number of hydrogen-bond donors (Lipinski definition) is 1. The molecule has 0 aromatic heterocycles. The molecule has 3 aliphatic carbocycles. The number of halogens is 1. The zero-order chi connectivity index (χ0) is 22.0. The van der Waals surface area contributed by atoms with E-state index in [0.29, 0.717) is 29.7 Å². The van der Waals surface area contributed by atoms with Crippen LogP contribution in [0.15, 0.2) is 57.6 Å². The number of phenolic OH excluding ortho intramolecular Hbond substituents is 1. The second kappa shape index (κ2) is 7.12. The lowest BCUT2D eigenvalue weighted by atomic mass is 9.59. The Bertz CT molecular complexity index is 1160. The van der Waals surface area contributed by atoms with Crippen LogP contribution in [0.4, 0.5) is 0 Å². The highest BCUT2D eigenvalue weighted by atomic mass is 79.9. The number of rotatable bonds is 2. The fourth-order valence-electron chi connectivity index (χ4n) is 5.67. The molecule has 1 fully saturated rings. The molecule has 1 aliphatic heterocycles. The van der Waals surface area contributed by atoms with Crippen LogP contribution in [0.1, 0.15) is 31.2 Å². The molecule has 1 saturated heterocycles. The molecular formula is C24H20BrNO5. The third kappa shape index (κ3) is 2.82. The molecule has 1 aromatic carbocycles. The maximum Gasteiger partial charge on any atom is 0.233 e. The quantitative estimate of drug-likeness (QED) is 0.397. The third-order valence-electron chi connectivity index (χ3n) is 6.94. The van der Waals surface area contributed by atoms with E-state index in [-0.39, 0.29) is 46.0 Å². The Balaban J connectivity index is 1.70. The number of allylic oxidation sites excluding steroid dienone is 6. The minimum Gasteiger partial charge on any atom is -0.508 e. The summed E-state index contributed by atoms with van der Waals surface area (Å²) < 4.78 is 0.203. The smallest absolute Gasteiger partial charge is 0.233 e. The number of ketones is 2. The van der Waals surface area contributed by atoms with Crippen molar-refractivity contribution in [3.8, 4) is 5.75 Å². The minimum absolute atomic E-state index is 0.0617. The fourth-order valence-corrected chi connectivity index (χ4v) is 6.11. The van der Waals surface area contributed by atoms with Crippen LogP contribution in [0.25, 0.3) is 0 Å². The van der Waals surface area contributed by atoms with Crippen molar-refractivity contribution in [1.29, 1.82) is 0 Å². The molecule has 5 rings (SSSR count). The Morgan fingerprint density at radius 3 is 2.61 bits per heavy atom. The fraction of sp³-hybridized carbons (Fsp3) is 0.333. The van der Waals surface area contributed by atoms with E-state index >= 15 is 0 Å². The SMILES string of the molecule is CCN1C(=O)C2CC=C3C(c4cccc(O)c4)C4=C(CC3C2C1=O)C(=O)C(Br)=CC4=O. The van der Waals surface area contributed by atoms with Gasteiger partial charge >= 0.3 is 0 Å². The Morgan fingerprint density at radius 1 is 1.13 bits per heavy atom. The summed E-state index contributed by atoms with van der Waals surface area (Å²) in [4.78, 5) is 53.3. The van der Waals surface area contributed by atoms with Crippen LogP contribution in [-0.2, 0) is 19.2 Å². The standard InChI is InChI=1S/C24H20BrNO5/c1-2-26-23(30)14-7-6-13-15(20(14)24(26)31)9-16-21(18(28)10-17(25)22(16)29)19(13)11-4-3-5-12(27)8-11/h3-6,8,10,14-15,19-20,27H,2,7,9H2,1H3. The molecular weight excluding hydrogens is 462 g/mol. The molecule has 1 aromatic rings. The largest absolute Gasteiger partial charge is 0.508 e. The van der Waals surface area contributed by atoms with Crippen molar-refractivity contribution in [2.24, 2.45) is 17.8 Å². The van der Waals surface area contributed by atoms with Crippen molar-refractivity contribution >= 4 is 39.3 Å². The van der Waals surface area contributed by atoms with Gasteiger partial charge in [0.1, 0.15) is 5.75 Å². The van der Waals surface area contributed by atoms with Crippen molar-refractivity contribution in [1.82, 2.24) is 4.90 Å². The van der Waals surface area contributed by atoms with Crippen molar-refractivity contribution < 1.29 is 24.3 Å². The van der Waals surface area contributed by atoms with Gasteiger partial charge in [-0.1, -0.05) is 23.8 Å². The van der Waals surface area contributed by atoms with E-state index in [4.69, 9.17) is 0 Å². The number of likely N-dealkylation sites (tertiary alicyclic amines) is 1. The predicted octanol–water partition coefficient (Wildman–Crippen LogP) is 3.17. The van der Waals surface area contributed by atoms with Gasteiger partial charge in [-0.2, -0.15) is 0 Å². The molecule has 1 heterocycles. The van der Waals surface area contributed by atoms with Crippen molar-refractivity contribution in [2.75, 3.05) is 6.54 Å². The highest BCUT2D eigenvalue weighted by Crippen LogP contribution is 2.55. The number of benzene rings is 1. The summed E-state index contributed by atoms with van der Waals surface area (Å²) in [5.74, 6) is -2.64. The monoisotopic (exact) mass is 481 g/mol. The zero-order valence-corrected chi connectivity index (χ0v) is 18.4. The molecule has 158 valence electrons. The predicted molar refractivity (Wildman–Crippen MR) is 115 cm³/mol. The highest BCUT2D eigenvalue weighted by molar-refractivity contribution is 9.12. The van der Waals surface area contributed by atoms with Gasteiger partial charge in [0.2, 0.25) is 11.8 Å². The number of amides is 2. The van der Waals surface area contributed by atoms with Crippen molar-refractivity contribution in [3.05, 3.63) is 63.2 Å². The van der Waals surface area contributed by atoms with Gasteiger partial charge in [0.15, 0.2) is 11.6 Å². The Kier molecular flexibility index (Phi) is 4.62. The average Bonchev–Trinajstić information content (AvgIpc) is 3.00. The van der Waals surface area contributed by atoms with E-state index in [1.807, 2.05) is 12.1 Å². The molecule has 0 saturated carbocycles. The first kappa shape index (κ1) is 20.1. The second-order valence-corrected chi connectivity index (χ2v) is 9.26. The maximum atomic E-state index is 13.2. The van der Waals surface area contributed by atoms with E-state index in [2.05, 4.69) is 15.9 Å². The molecule has 7 heteroatoms. The van der Waals surface area contributed by atoms with Crippen LogP contribution in [0.2, 0.25) is 0 Å². The first-order valence-electron chi connectivity index (χ1n) is 10.4. The molecule has 4 unspecified atom stereocenters. The third-order valence-corrected chi connectivity index (χ3v) is 7.53. The lowest BCUT2D eigenvalue weighted by Gasteiger charge is -2.42. The summed E-state index contributed by atoms with van der Waals surface area (Å²) in [7, 11) is 0. The number of carbonyl (C=O) groups excluding carboxylic acids is 4. The van der Waals surface area contributed by atoms with Gasteiger partial charge in [0.05, 0.1) is 16.3 Å². The van der Waals surface area contributed by atoms with E-state index < -0.39 is 17.8 Å². The minimum atomic E-state index is -0.534. The summed E-state index contributed by atoms with van der Waals surface area (Å²) in [6, 6.07) is 6.66. The zero-order valence-electron chi connectivity index (χ0n) is 16.8. The maximum absolute atomic E-state index is 13.2. The van der Waals surface area contributed by atoms with Gasteiger partial charge in [0, 0.05) is 29.7 Å². The van der Waals surface area contributed by atoms with E-state index in [1.54, 1.807) is 25.1 Å². The van der Waals surface area contributed by atoms with Crippen LogP contribution in [-0.4, -0.2) is 39.9 Å². The van der Waals surface area contributed by atoms with Crippen molar-refractivity contribution in [3.63, 3.8) is 0 Å². The molecule has 1 N–H and O–H groups in total. The number of aromatic hydroxyl groups is 1. The van der Waals surface area contributed by atoms with Crippen LogP contribution >= 0.6 is 15.9 Å². The van der Waals surface area contributed by atoms with Crippen molar-refractivity contribution in [2.45, 2.75) is 25.7 Å². The number of phenols is 1. The van der Waals surface area contributed by atoms with Crippen LogP contribution in [0.3, 0.4) is 0 Å². The Morgan fingerprint density at radius 2 is 1.90 bits per heavy atom. The van der Waals surface area contributed by atoms with Crippen LogP contribution < -0.4 is 0 Å². The van der Waals surface area contributed by atoms with Gasteiger partial charge in [-0.25, -0.2) is 0 Å². The summed E-state index contributed by atoms with van der Waals surface area (Å²) in [5, 5.41) is 10.1. The molecule has 4 aliphatic rings. The van der Waals surface area contributed by atoms with Gasteiger partial charge < -0.3 is 5.11 Å².